The summed E-state index contributed by atoms with van der Waals surface area (Å²) in [5.41, 5.74) is 3.44. The van der Waals surface area contributed by atoms with Crippen LogP contribution in [0.2, 0.25) is 0 Å². The van der Waals surface area contributed by atoms with E-state index in [2.05, 4.69) is 56.7 Å². The van der Waals surface area contributed by atoms with Crippen LogP contribution >= 0.6 is 15.9 Å². The minimum atomic E-state index is 0.808. The SMILES string of the molecule is CCCc1nc2ccccc2n1Cc1cncc(Br)c1. The summed E-state index contributed by atoms with van der Waals surface area (Å²) in [5.74, 6) is 1.15. The van der Waals surface area contributed by atoms with Gasteiger partial charge in [-0.3, -0.25) is 4.98 Å². The van der Waals surface area contributed by atoms with Crippen molar-refractivity contribution < 1.29 is 0 Å². The van der Waals surface area contributed by atoms with E-state index in [4.69, 9.17) is 4.98 Å². The van der Waals surface area contributed by atoms with E-state index in [-0.39, 0.29) is 0 Å². The van der Waals surface area contributed by atoms with Gasteiger partial charge in [0.25, 0.3) is 0 Å². The van der Waals surface area contributed by atoms with Crippen LogP contribution in [-0.4, -0.2) is 14.5 Å². The Bertz CT molecular complexity index is 733. The van der Waals surface area contributed by atoms with E-state index in [0.29, 0.717) is 0 Å². The number of nitrogens with zero attached hydrogens (tertiary/aromatic N) is 3. The zero-order valence-corrected chi connectivity index (χ0v) is 13.0. The van der Waals surface area contributed by atoms with Gasteiger partial charge in [-0.25, -0.2) is 4.98 Å². The van der Waals surface area contributed by atoms with E-state index in [1.807, 2.05) is 18.5 Å². The first-order valence-electron chi connectivity index (χ1n) is 6.81. The average molecular weight is 330 g/mol. The molecule has 0 spiro atoms. The molecule has 3 rings (SSSR count). The van der Waals surface area contributed by atoms with Gasteiger partial charge < -0.3 is 4.57 Å². The Morgan fingerprint density at radius 2 is 2.05 bits per heavy atom. The number of rotatable bonds is 4. The van der Waals surface area contributed by atoms with Crippen LogP contribution in [-0.2, 0) is 13.0 Å². The van der Waals surface area contributed by atoms with Gasteiger partial charge in [-0.1, -0.05) is 19.1 Å². The van der Waals surface area contributed by atoms with Crippen molar-refractivity contribution in [2.75, 3.05) is 0 Å². The van der Waals surface area contributed by atoms with Gasteiger partial charge in [0.2, 0.25) is 0 Å². The van der Waals surface area contributed by atoms with Crippen LogP contribution in [0.4, 0.5) is 0 Å². The fraction of sp³-hybridized carbons (Fsp3) is 0.250. The number of hydrogen-bond donors (Lipinski definition) is 0. The number of pyridine rings is 1. The lowest BCUT2D eigenvalue weighted by Gasteiger charge is -2.09. The van der Waals surface area contributed by atoms with Gasteiger partial charge in [0, 0.05) is 23.3 Å². The largest absolute Gasteiger partial charge is 0.323 e. The Hall–Kier alpha value is -1.68. The molecule has 0 saturated carbocycles. The molecule has 1 aromatic carbocycles. The van der Waals surface area contributed by atoms with Crippen molar-refractivity contribution in [2.45, 2.75) is 26.3 Å². The normalized spacial score (nSPS) is 11.1. The minimum Gasteiger partial charge on any atom is -0.323 e. The smallest absolute Gasteiger partial charge is 0.110 e. The first-order valence-corrected chi connectivity index (χ1v) is 7.61. The minimum absolute atomic E-state index is 0.808. The Labute approximate surface area is 126 Å². The second-order valence-corrected chi connectivity index (χ2v) is 5.78. The van der Waals surface area contributed by atoms with Crippen molar-refractivity contribution in [3.8, 4) is 0 Å². The number of aromatic nitrogens is 3. The predicted octanol–water partition coefficient (Wildman–Crippen LogP) is 4.19. The molecular weight excluding hydrogens is 314 g/mol. The van der Waals surface area contributed by atoms with Crippen LogP contribution in [0.25, 0.3) is 11.0 Å². The third kappa shape index (κ3) is 2.61. The highest BCUT2D eigenvalue weighted by Gasteiger charge is 2.10. The van der Waals surface area contributed by atoms with Crippen molar-refractivity contribution in [1.29, 1.82) is 0 Å². The summed E-state index contributed by atoms with van der Waals surface area (Å²) in [7, 11) is 0. The van der Waals surface area contributed by atoms with Gasteiger partial charge >= 0.3 is 0 Å². The van der Waals surface area contributed by atoms with E-state index >= 15 is 0 Å². The average Bonchev–Trinajstić information content (AvgIpc) is 2.78. The van der Waals surface area contributed by atoms with E-state index in [0.717, 1.165) is 35.2 Å². The number of benzene rings is 1. The lowest BCUT2D eigenvalue weighted by atomic mass is 10.2. The molecule has 0 unspecified atom stereocenters. The summed E-state index contributed by atoms with van der Waals surface area (Å²) in [6.07, 6.45) is 5.81. The highest BCUT2D eigenvalue weighted by Crippen LogP contribution is 2.19. The maximum atomic E-state index is 4.75. The topological polar surface area (TPSA) is 30.7 Å². The second-order valence-electron chi connectivity index (χ2n) is 4.86. The molecule has 0 fully saturated rings. The van der Waals surface area contributed by atoms with Crippen molar-refractivity contribution in [3.63, 3.8) is 0 Å². The Morgan fingerprint density at radius 1 is 1.20 bits per heavy atom. The second kappa shape index (κ2) is 5.75. The third-order valence-corrected chi connectivity index (χ3v) is 3.74. The van der Waals surface area contributed by atoms with Gasteiger partial charge in [-0.05, 0) is 46.1 Å². The molecule has 4 heteroatoms. The molecule has 2 heterocycles. The lowest BCUT2D eigenvalue weighted by molar-refractivity contribution is 0.720. The van der Waals surface area contributed by atoms with Crippen molar-refractivity contribution in [1.82, 2.24) is 14.5 Å². The highest BCUT2D eigenvalue weighted by atomic mass is 79.9. The van der Waals surface area contributed by atoms with Crippen molar-refractivity contribution in [2.24, 2.45) is 0 Å². The summed E-state index contributed by atoms with van der Waals surface area (Å²) in [4.78, 5) is 8.99. The van der Waals surface area contributed by atoms with Crippen LogP contribution in [0, 0.1) is 0 Å². The Balaban J connectivity index is 2.06. The summed E-state index contributed by atoms with van der Waals surface area (Å²) in [6, 6.07) is 10.4. The molecule has 0 bridgehead atoms. The summed E-state index contributed by atoms with van der Waals surface area (Å²) >= 11 is 3.48. The zero-order valence-electron chi connectivity index (χ0n) is 11.4. The number of imidazole rings is 1. The van der Waals surface area contributed by atoms with Gasteiger partial charge in [-0.2, -0.15) is 0 Å². The quantitative estimate of drug-likeness (QED) is 0.718. The fourth-order valence-electron chi connectivity index (χ4n) is 2.44. The molecule has 0 atom stereocenters. The number of halogens is 1. The summed E-state index contributed by atoms with van der Waals surface area (Å²) in [5, 5.41) is 0. The number of hydrogen-bond acceptors (Lipinski definition) is 2. The molecule has 0 aliphatic carbocycles. The predicted molar refractivity (Wildman–Crippen MR) is 84.8 cm³/mol. The van der Waals surface area contributed by atoms with Crippen LogP contribution in [0.15, 0.2) is 47.2 Å². The van der Waals surface area contributed by atoms with Crippen molar-refractivity contribution >= 4 is 27.0 Å². The molecule has 2 aromatic heterocycles. The van der Waals surface area contributed by atoms with Crippen LogP contribution in [0.3, 0.4) is 0 Å². The molecule has 0 amide bonds. The Kier molecular flexibility index (Phi) is 3.83. The van der Waals surface area contributed by atoms with Crippen LogP contribution < -0.4 is 0 Å². The molecule has 0 N–H and O–H groups in total. The molecule has 3 nitrogen and oxygen atoms in total. The maximum Gasteiger partial charge on any atom is 0.110 e. The van der Waals surface area contributed by atoms with E-state index in [1.54, 1.807) is 0 Å². The Morgan fingerprint density at radius 3 is 2.85 bits per heavy atom. The molecule has 0 radical (unpaired) electrons. The van der Waals surface area contributed by atoms with Gasteiger partial charge in [0.15, 0.2) is 0 Å². The standard InChI is InChI=1S/C16H16BrN3/c1-2-5-16-19-14-6-3-4-7-15(14)20(16)11-12-8-13(17)10-18-9-12/h3-4,6-10H,2,5,11H2,1H3. The van der Waals surface area contributed by atoms with Crippen LogP contribution in [0.1, 0.15) is 24.7 Å². The molecule has 0 aliphatic heterocycles. The molecular formula is C16H16BrN3. The van der Waals surface area contributed by atoms with Gasteiger partial charge in [-0.15, -0.1) is 0 Å². The van der Waals surface area contributed by atoms with Gasteiger partial charge in [0.1, 0.15) is 5.82 Å². The molecule has 102 valence electrons. The fourth-order valence-corrected chi connectivity index (χ4v) is 2.85. The third-order valence-electron chi connectivity index (χ3n) is 3.31. The van der Waals surface area contributed by atoms with E-state index in [9.17, 15) is 0 Å². The maximum absolute atomic E-state index is 4.75. The summed E-state index contributed by atoms with van der Waals surface area (Å²) in [6.45, 7) is 2.99. The number of aryl methyl sites for hydroxylation is 1. The highest BCUT2D eigenvalue weighted by molar-refractivity contribution is 9.10. The van der Waals surface area contributed by atoms with Crippen LogP contribution in [0.5, 0.6) is 0 Å². The first kappa shape index (κ1) is 13.3. The molecule has 20 heavy (non-hydrogen) atoms. The van der Waals surface area contributed by atoms with E-state index in [1.165, 1.54) is 11.1 Å². The van der Waals surface area contributed by atoms with Gasteiger partial charge in [0.05, 0.1) is 17.6 Å². The number of para-hydroxylation sites is 2. The monoisotopic (exact) mass is 329 g/mol. The zero-order chi connectivity index (χ0) is 13.9. The number of fused-ring (bicyclic) bond motifs is 1. The molecule has 0 saturated heterocycles. The van der Waals surface area contributed by atoms with Crippen molar-refractivity contribution in [3.05, 3.63) is 58.6 Å². The lowest BCUT2D eigenvalue weighted by Crippen LogP contribution is -2.05. The van der Waals surface area contributed by atoms with E-state index < -0.39 is 0 Å². The first-order chi connectivity index (χ1) is 9.78. The summed E-state index contributed by atoms with van der Waals surface area (Å²) < 4.78 is 3.30. The molecule has 3 aromatic rings. The molecule has 0 aliphatic rings.